The summed E-state index contributed by atoms with van der Waals surface area (Å²) < 4.78 is 33.6. The predicted molar refractivity (Wildman–Crippen MR) is 113 cm³/mol. The van der Waals surface area contributed by atoms with Crippen molar-refractivity contribution in [1.82, 2.24) is 0 Å². The Bertz CT molecular complexity index is 750. The first-order valence-corrected chi connectivity index (χ1v) is 9.71. The lowest BCUT2D eigenvalue weighted by molar-refractivity contribution is -0.126. The summed E-state index contributed by atoms with van der Waals surface area (Å²) in [4.78, 5) is 0. The van der Waals surface area contributed by atoms with Crippen LogP contribution in [0, 0.1) is 0 Å². The molecule has 0 spiro atoms. The maximum Gasteiger partial charge on any atom is 0.189 e. The average Bonchev–Trinajstić information content (AvgIpc) is 2.81. The summed E-state index contributed by atoms with van der Waals surface area (Å²) >= 11 is 0. The molecule has 0 fully saturated rings. The molecule has 30 heavy (non-hydrogen) atoms. The average molecular weight is 410 g/mol. The highest BCUT2D eigenvalue weighted by atomic mass is 16.7. The van der Waals surface area contributed by atoms with Gasteiger partial charge in [0.15, 0.2) is 20.4 Å². The first-order valence-electron chi connectivity index (χ1n) is 9.71. The molecule has 0 saturated heterocycles. The molecular weight excluding hydrogens is 384 g/mol. The van der Waals surface area contributed by atoms with E-state index < -0.39 is 0 Å². The molecule has 3 aromatic carbocycles. The van der Waals surface area contributed by atoms with Gasteiger partial charge in [0.2, 0.25) is 0 Å². The molecule has 0 N–H and O–H groups in total. The van der Waals surface area contributed by atoms with Gasteiger partial charge in [-0.05, 0) is 36.4 Å². The fraction of sp³-hybridized carbons (Fsp3) is 0.250. The summed E-state index contributed by atoms with van der Waals surface area (Å²) in [6, 6.07) is 28.4. The Morgan fingerprint density at radius 2 is 0.833 bits per heavy atom. The Hall–Kier alpha value is -3.06. The molecule has 0 radical (unpaired) electrons. The van der Waals surface area contributed by atoms with Gasteiger partial charge in [-0.15, -0.1) is 0 Å². The van der Waals surface area contributed by atoms with Gasteiger partial charge < -0.3 is 28.4 Å². The third kappa shape index (κ3) is 8.53. The van der Waals surface area contributed by atoms with Gasteiger partial charge in [-0.3, -0.25) is 0 Å². The molecule has 0 aliphatic rings. The molecule has 158 valence electrons. The van der Waals surface area contributed by atoms with Gasteiger partial charge in [0, 0.05) is 0 Å². The molecule has 0 atom stereocenters. The largest absolute Gasteiger partial charge is 0.468 e. The summed E-state index contributed by atoms with van der Waals surface area (Å²) in [5, 5.41) is 0. The third-order valence-corrected chi connectivity index (χ3v) is 3.98. The summed E-state index contributed by atoms with van der Waals surface area (Å²) in [7, 11) is 0. The molecule has 6 heteroatoms. The highest BCUT2D eigenvalue weighted by molar-refractivity contribution is 5.21. The van der Waals surface area contributed by atoms with Gasteiger partial charge in [0.25, 0.3) is 0 Å². The molecule has 0 unspecified atom stereocenters. The van der Waals surface area contributed by atoms with Crippen molar-refractivity contribution in [2.75, 3.05) is 33.6 Å². The van der Waals surface area contributed by atoms with E-state index in [9.17, 15) is 0 Å². The molecule has 0 amide bonds. The van der Waals surface area contributed by atoms with Crippen LogP contribution in [-0.2, 0) is 14.2 Å². The van der Waals surface area contributed by atoms with Crippen LogP contribution in [-0.4, -0.2) is 39.7 Å². The van der Waals surface area contributed by atoms with Gasteiger partial charge in [-0.25, -0.2) is 0 Å². The first-order chi connectivity index (χ1) is 14.9. The third-order valence-electron chi connectivity index (χ3n) is 3.98. The molecule has 6 nitrogen and oxygen atoms in total. The zero-order valence-electron chi connectivity index (χ0n) is 16.7. The maximum absolute atomic E-state index is 5.77. The van der Waals surface area contributed by atoms with Gasteiger partial charge in [-0.2, -0.15) is 0 Å². The number of ether oxygens (including phenoxy) is 6. The van der Waals surface area contributed by atoms with Crippen molar-refractivity contribution in [3.05, 3.63) is 91.0 Å². The second-order valence-corrected chi connectivity index (χ2v) is 6.26. The SMILES string of the molecule is c1ccc(OCOCC(COCOc2ccccc2)OCOc2ccccc2)cc1. The standard InChI is InChI=1S/C24H26O6/c1-4-10-21(11-5-1)27-18-25-16-24(30-20-29-23-14-8-3-9-15-23)17-26-19-28-22-12-6-2-7-13-22/h1-15,24H,16-20H2. The molecule has 3 rings (SSSR count). The Morgan fingerprint density at radius 1 is 0.467 bits per heavy atom. The number of hydrogen-bond donors (Lipinski definition) is 0. The lowest BCUT2D eigenvalue weighted by atomic mass is 10.3. The van der Waals surface area contributed by atoms with Crippen molar-refractivity contribution < 1.29 is 28.4 Å². The van der Waals surface area contributed by atoms with E-state index in [1.165, 1.54) is 0 Å². The van der Waals surface area contributed by atoms with Gasteiger partial charge >= 0.3 is 0 Å². The fourth-order valence-corrected chi connectivity index (χ4v) is 2.47. The number of hydrogen-bond acceptors (Lipinski definition) is 6. The van der Waals surface area contributed by atoms with E-state index in [2.05, 4.69) is 0 Å². The minimum atomic E-state index is -0.340. The topological polar surface area (TPSA) is 55.4 Å². The van der Waals surface area contributed by atoms with E-state index in [1.54, 1.807) is 0 Å². The molecule has 0 aliphatic carbocycles. The van der Waals surface area contributed by atoms with E-state index in [1.807, 2.05) is 91.0 Å². The zero-order valence-corrected chi connectivity index (χ0v) is 16.7. The van der Waals surface area contributed by atoms with Crippen molar-refractivity contribution in [2.24, 2.45) is 0 Å². The highest BCUT2D eigenvalue weighted by Gasteiger charge is 2.11. The molecule has 0 saturated carbocycles. The lowest BCUT2D eigenvalue weighted by Crippen LogP contribution is -2.29. The lowest BCUT2D eigenvalue weighted by Gasteiger charge is -2.19. The van der Waals surface area contributed by atoms with Crippen LogP contribution in [0.3, 0.4) is 0 Å². The smallest absolute Gasteiger partial charge is 0.189 e. The number of benzene rings is 3. The Morgan fingerprint density at radius 3 is 1.23 bits per heavy atom. The van der Waals surface area contributed by atoms with Crippen LogP contribution in [0.25, 0.3) is 0 Å². The fourth-order valence-electron chi connectivity index (χ4n) is 2.47. The van der Waals surface area contributed by atoms with Crippen molar-refractivity contribution >= 4 is 0 Å². The van der Waals surface area contributed by atoms with Crippen LogP contribution in [0.1, 0.15) is 0 Å². The second kappa shape index (κ2) is 13.2. The van der Waals surface area contributed by atoms with E-state index in [0.717, 1.165) is 17.2 Å². The summed E-state index contributed by atoms with van der Waals surface area (Å²) in [5.41, 5.74) is 0. The molecule has 0 aliphatic heterocycles. The Labute approximate surface area is 176 Å². The minimum Gasteiger partial charge on any atom is -0.468 e. The van der Waals surface area contributed by atoms with Crippen molar-refractivity contribution in [1.29, 1.82) is 0 Å². The van der Waals surface area contributed by atoms with Crippen molar-refractivity contribution in [3.63, 3.8) is 0 Å². The minimum absolute atomic E-state index is 0.0838. The number of rotatable bonds is 14. The van der Waals surface area contributed by atoms with Crippen LogP contribution in [0.2, 0.25) is 0 Å². The van der Waals surface area contributed by atoms with Crippen LogP contribution < -0.4 is 14.2 Å². The molecule has 3 aromatic rings. The van der Waals surface area contributed by atoms with E-state index >= 15 is 0 Å². The molecule has 0 bridgehead atoms. The Balaban J connectivity index is 1.38. The van der Waals surface area contributed by atoms with Crippen LogP contribution in [0.15, 0.2) is 91.0 Å². The monoisotopic (exact) mass is 410 g/mol. The normalized spacial score (nSPS) is 10.7. The Kier molecular flexibility index (Phi) is 9.54. The van der Waals surface area contributed by atoms with Gasteiger partial charge in [-0.1, -0.05) is 54.6 Å². The summed E-state index contributed by atoms with van der Waals surface area (Å²) in [5.74, 6) is 2.22. The molecular formula is C24H26O6. The quantitative estimate of drug-likeness (QED) is 0.288. The van der Waals surface area contributed by atoms with Gasteiger partial charge in [0.1, 0.15) is 23.4 Å². The van der Waals surface area contributed by atoms with Crippen molar-refractivity contribution in [2.45, 2.75) is 6.10 Å². The van der Waals surface area contributed by atoms with E-state index in [4.69, 9.17) is 28.4 Å². The number of para-hydroxylation sites is 3. The predicted octanol–water partition coefficient (Wildman–Crippen LogP) is 4.51. The molecule has 0 aromatic heterocycles. The van der Waals surface area contributed by atoms with E-state index in [0.29, 0.717) is 0 Å². The van der Waals surface area contributed by atoms with Crippen LogP contribution >= 0.6 is 0 Å². The first kappa shape index (κ1) is 21.6. The van der Waals surface area contributed by atoms with Gasteiger partial charge in [0.05, 0.1) is 13.2 Å². The van der Waals surface area contributed by atoms with Crippen LogP contribution in [0.5, 0.6) is 17.2 Å². The zero-order chi connectivity index (χ0) is 20.7. The highest BCUT2D eigenvalue weighted by Crippen LogP contribution is 2.11. The maximum atomic E-state index is 5.77. The van der Waals surface area contributed by atoms with Crippen molar-refractivity contribution in [3.8, 4) is 17.2 Å². The van der Waals surface area contributed by atoms with E-state index in [-0.39, 0.29) is 39.7 Å². The van der Waals surface area contributed by atoms with Crippen LogP contribution in [0.4, 0.5) is 0 Å². The second-order valence-electron chi connectivity index (χ2n) is 6.26. The summed E-state index contributed by atoms with van der Waals surface area (Å²) in [6.07, 6.45) is -0.340. The molecule has 0 heterocycles. The summed E-state index contributed by atoms with van der Waals surface area (Å²) in [6.45, 7) is 0.890.